The number of hydrogen-bond donors (Lipinski definition) is 0. The molecule has 0 N–H and O–H groups in total. The summed E-state index contributed by atoms with van der Waals surface area (Å²) in [5, 5.41) is 10.7. The average molecular weight is 423 g/mol. The van der Waals surface area contributed by atoms with Gasteiger partial charge in [0.05, 0.1) is 16.6 Å². The van der Waals surface area contributed by atoms with Crippen LogP contribution in [0.1, 0.15) is 5.82 Å². The van der Waals surface area contributed by atoms with Gasteiger partial charge in [-0.05, 0) is 34.4 Å². The molecule has 2 heterocycles. The molecule has 0 radical (unpaired) electrons. The largest absolute Gasteiger partial charge is 0.268 e. The summed E-state index contributed by atoms with van der Waals surface area (Å²) < 4.78 is 1.47. The molecule has 0 saturated heterocycles. The maximum absolute atomic E-state index is 13.9. The van der Waals surface area contributed by atoms with Crippen molar-refractivity contribution >= 4 is 16.4 Å². The van der Waals surface area contributed by atoms with Crippen molar-refractivity contribution in [2.24, 2.45) is 0 Å². The average Bonchev–Trinajstić information content (AvgIpc) is 3.27. The van der Waals surface area contributed by atoms with E-state index in [1.807, 2.05) is 97.1 Å². The molecule has 0 fully saturated rings. The molecule has 2 aromatic heterocycles. The molecule has 6 rings (SSSR count). The second-order valence-electron chi connectivity index (χ2n) is 7.93. The first-order valence-corrected chi connectivity index (χ1v) is 10.7. The summed E-state index contributed by atoms with van der Waals surface area (Å²) in [5.74, 6) is 0.0991. The first-order valence-electron chi connectivity index (χ1n) is 10.7. The van der Waals surface area contributed by atoms with Gasteiger partial charge in [-0.25, -0.2) is 9.38 Å². The van der Waals surface area contributed by atoms with Crippen molar-refractivity contribution < 1.29 is 0 Å². The van der Waals surface area contributed by atoms with Gasteiger partial charge in [0.1, 0.15) is 6.07 Å². The molecule has 0 saturated carbocycles. The molecule has 0 aliphatic heterocycles. The van der Waals surface area contributed by atoms with Crippen molar-refractivity contribution in [3.63, 3.8) is 0 Å². The third kappa shape index (κ3) is 2.91. The summed E-state index contributed by atoms with van der Waals surface area (Å²) in [4.78, 5) is 18.4. The molecule has 0 amide bonds. The number of imidazole rings is 1. The molecule has 4 aromatic carbocycles. The lowest BCUT2D eigenvalue weighted by Gasteiger charge is -2.15. The number of benzene rings is 4. The molecular weight excluding hydrogens is 406 g/mol. The molecule has 0 bridgehead atoms. The van der Waals surface area contributed by atoms with Gasteiger partial charge in [0.15, 0.2) is 0 Å². The van der Waals surface area contributed by atoms with E-state index in [0.717, 1.165) is 33.2 Å². The van der Waals surface area contributed by atoms with E-state index in [2.05, 4.69) is 17.1 Å². The minimum absolute atomic E-state index is 0.0991. The van der Waals surface area contributed by atoms with Gasteiger partial charge in [-0.15, -0.1) is 0 Å². The smallest absolute Gasteiger partial charge is 0.265 e. The highest BCUT2D eigenvalue weighted by molar-refractivity contribution is 6.09. The van der Waals surface area contributed by atoms with Crippen LogP contribution in [0.15, 0.2) is 108 Å². The first-order chi connectivity index (χ1) is 16.3. The van der Waals surface area contributed by atoms with Gasteiger partial charge in [-0.1, -0.05) is 91.0 Å². The quantitative estimate of drug-likeness (QED) is 0.343. The number of hydrogen-bond acceptors (Lipinski definition) is 3. The van der Waals surface area contributed by atoms with Crippen LogP contribution in [0.3, 0.4) is 0 Å². The SMILES string of the molecule is N#Cc1nc2cc(-c3ccccc3)cc3c(-c4ccccc4)c(-c4ccccc4)c(=O)n1c23. The monoisotopic (exact) mass is 423 g/mol. The minimum Gasteiger partial charge on any atom is -0.268 e. The summed E-state index contributed by atoms with van der Waals surface area (Å²) in [7, 11) is 0. The van der Waals surface area contributed by atoms with E-state index in [4.69, 9.17) is 0 Å². The van der Waals surface area contributed by atoms with Gasteiger partial charge in [-0.2, -0.15) is 5.26 Å². The molecule has 6 aromatic rings. The predicted octanol–water partition coefficient (Wildman–Crippen LogP) is 6.16. The Balaban J connectivity index is 1.87. The Morgan fingerprint density at radius 1 is 0.667 bits per heavy atom. The highest BCUT2D eigenvalue weighted by atomic mass is 16.1. The molecule has 0 atom stereocenters. The van der Waals surface area contributed by atoms with Gasteiger partial charge >= 0.3 is 0 Å². The zero-order chi connectivity index (χ0) is 22.4. The van der Waals surface area contributed by atoms with Crippen LogP contribution >= 0.6 is 0 Å². The topological polar surface area (TPSA) is 58.2 Å². The lowest BCUT2D eigenvalue weighted by atomic mass is 9.90. The summed E-state index contributed by atoms with van der Waals surface area (Å²) in [6.07, 6.45) is 0. The Kier molecular flexibility index (Phi) is 4.28. The first kappa shape index (κ1) is 19.0. The number of pyridine rings is 1. The van der Waals surface area contributed by atoms with Crippen molar-refractivity contribution in [3.8, 4) is 39.4 Å². The standard InChI is InChI=1S/C29H17N3O/c30-18-25-31-24-17-22(19-10-4-1-5-11-19)16-23-26(20-12-6-2-7-13-20)27(21-14-8-3-9-15-21)29(33)32(25)28(23)24/h1-17H. The van der Waals surface area contributed by atoms with E-state index in [0.29, 0.717) is 16.6 Å². The maximum atomic E-state index is 13.9. The summed E-state index contributed by atoms with van der Waals surface area (Å²) >= 11 is 0. The van der Waals surface area contributed by atoms with E-state index < -0.39 is 0 Å². The van der Waals surface area contributed by atoms with Crippen LogP contribution in [-0.4, -0.2) is 9.38 Å². The van der Waals surface area contributed by atoms with Crippen molar-refractivity contribution in [3.05, 3.63) is 119 Å². The number of rotatable bonds is 3. The van der Waals surface area contributed by atoms with E-state index in [1.54, 1.807) is 0 Å². The summed E-state index contributed by atoms with van der Waals surface area (Å²) in [5.41, 5.74) is 6.29. The maximum Gasteiger partial charge on any atom is 0.265 e. The highest BCUT2D eigenvalue weighted by Crippen LogP contribution is 2.39. The fraction of sp³-hybridized carbons (Fsp3) is 0. The van der Waals surface area contributed by atoms with Crippen molar-refractivity contribution in [2.75, 3.05) is 0 Å². The highest BCUT2D eigenvalue weighted by Gasteiger charge is 2.24. The summed E-state index contributed by atoms with van der Waals surface area (Å²) in [6, 6.07) is 35.8. The third-order valence-electron chi connectivity index (χ3n) is 6.02. The van der Waals surface area contributed by atoms with Crippen molar-refractivity contribution in [2.45, 2.75) is 0 Å². The second kappa shape index (κ2) is 7.44. The zero-order valence-corrected chi connectivity index (χ0v) is 17.6. The van der Waals surface area contributed by atoms with E-state index in [9.17, 15) is 10.1 Å². The van der Waals surface area contributed by atoms with Crippen molar-refractivity contribution in [1.29, 1.82) is 5.26 Å². The number of aromatic nitrogens is 2. The fourth-order valence-corrected chi connectivity index (χ4v) is 4.60. The van der Waals surface area contributed by atoms with E-state index in [-0.39, 0.29) is 11.4 Å². The molecule has 154 valence electrons. The van der Waals surface area contributed by atoms with Crippen LogP contribution in [0.25, 0.3) is 49.8 Å². The van der Waals surface area contributed by atoms with Crippen LogP contribution in [-0.2, 0) is 0 Å². The lowest BCUT2D eigenvalue weighted by Crippen LogP contribution is -2.18. The molecule has 0 aliphatic carbocycles. The molecule has 0 spiro atoms. The molecule has 4 nitrogen and oxygen atoms in total. The predicted molar refractivity (Wildman–Crippen MR) is 131 cm³/mol. The third-order valence-corrected chi connectivity index (χ3v) is 6.02. The Hall–Kier alpha value is -4.75. The fourth-order valence-electron chi connectivity index (χ4n) is 4.60. The summed E-state index contributed by atoms with van der Waals surface area (Å²) in [6.45, 7) is 0. The van der Waals surface area contributed by atoms with Gasteiger partial charge in [0.25, 0.3) is 5.56 Å². The lowest BCUT2D eigenvalue weighted by molar-refractivity contribution is 1.06. The van der Waals surface area contributed by atoms with Crippen molar-refractivity contribution in [1.82, 2.24) is 9.38 Å². The van der Waals surface area contributed by atoms with E-state index in [1.165, 1.54) is 4.40 Å². The molecule has 33 heavy (non-hydrogen) atoms. The Morgan fingerprint density at radius 2 is 1.21 bits per heavy atom. The van der Waals surface area contributed by atoms with Crippen LogP contribution < -0.4 is 5.56 Å². The Bertz CT molecular complexity index is 1710. The zero-order valence-electron chi connectivity index (χ0n) is 17.6. The van der Waals surface area contributed by atoms with Gasteiger partial charge in [-0.3, -0.25) is 4.79 Å². The molecule has 0 unspecified atom stereocenters. The van der Waals surface area contributed by atoms with Crippen LogP contribution in [0.5, 0.6) is 0 Å². The van der Waals surface area contributed by atoms with Crippen LogP contribution in [0, 0.1) is 11.3 Å². The molecule has 4 heteroatoms. The normalized spacial score (nSPS) is 11.1. The Morgan fingerprint density at radius 3 is 1.79 bits per heavy atom. The number of nitriles is 1. The van der Waals surface area contributed by atoms with E-state index >= 15 is 0 Å². The Labute approximate surface area is 190 Å². The number of nitrogens with zero attached hydrogens (tertiary/aromatic N) is 3. The minimum atomic E-state index is -0.237. The van der Waals surface area contributed by atoms with Crippen LogP contribution in [0.4, 0.5) is 0 Å². The van der Waals surface area contributed by atoms with Gasteiger partial charge in [0, 0.05) is 10.9 Å². The molecular formula is C29H17N3O. The van der Waals surface area contributed by atoms with Gasteiger partial charge < -0.3 is 0 Å². The second-order valence-corrected chi connectivity index (χ2v) is 7.93. The van der Waals surface area contributed by atoms with Gasteiger partial charge in [0.2, 0.25) is 5.82 Å². The molecule has 0 aliphatic rings. The van der Waals surface area contributed by atoms with Crippen LogP contribution in [0.2, 0.25) is 0 Å².